The fraction of sp³-hybridized carbons (Fsp3) is 0.375. The Kier molecular flexibility index (Phi) is 2.19. The maximum Gasteiger partial charge on any atom is 0.148 e. The van der Waals surface area contributed by atoms with E-state index in [1.54, 1.807) is 6.20 Å². The summed E-state index contributed by atoms with van der Waals surface area (Å²) in [7, 11) is 2.17. The quantitative estimate of drug-likeness (QED) is 0.703. The first-order valence-corrected chi connectivity index (χ1v) is 6.85. The van der Waals surface area contributed by atoms with Gasteiger partial charge in [0.05, 0.1) is 11.6 Å². The summed E-state index contributed by atoms with van der Waals surface area (Å²) in [6.07, 6.45) is 4.02. The van der Waals surface area contributed by atoms with E-state index in [9.17, 15) is 4.39 Å². The van der Waals surface area contributed by atoms with E-state index in [-0.39, 0.29) is 5.82 Å². The summed E-state index contributed by atoms with van der Waals surface area (Å²) in [6.45, 7) is 4.17. The van der Waals surface area contributed by atoms with Gasteiger partial charge in [-0.3, -0.25) is 4.90 Å². The molecule has 0 saturated carbocycles. The van der Waals surface area contributed by atoms with Crippen LogP contribution in [0.4, 0.5) is 4.39 Å². The molecule has 3 heteroatoms. The largest absolute Gasteiger partial charge is 0.342 e. The first-order valence-electron chi connectivity index (χ1n) is 6.85. The lowest BCUT2D eigenvalue weighted by Gasteiger charge is -2.39. The highest BCUT2D eigenvalue weighted by Gasteiger charge is 2.32. The molecule has 19 heavy (non-hydrogen) atoms. The third-order valence-corrected chi connectivity index (χ3v) is 4.46. The molecule has 2 atom stereocenters. The van der Waals surface area contributed by atoms with Crippen LogP contribution in [0.3, 0.4) is 0 Å². The molecule has 0 N–H and O–H groups in total. The molecule has 0 amide bonds. The summed E-state index contributed by atoms with van der Waals surface area (Å²) >= 11 is 0. The molecule has 2 aliphatic heterocycles. The van der Waals surface area contributed by atoms with Crippen LogP contribution in [0.25, 0.3) is 16.5 Å². The standard InChI is InChI=1S/C16H17FN2/c1-10-6-13-11-4-3-5-12-14(17)8-19(16(11)12)9-15(13)18(2)7-10/h3-6,8,10,15H,7,9H2,1-2H3/t10-,15?/m1/s1. The van der Waals surface area contributed by atoms with Crippen LogP contribution in [-0.2, 0) is 6.54 Å². The van der Waals surface area contributed by atoms with Crippen molar-refractivity contribution in [3.8, 4) is 0 Å². The molecule has 1 aromatic heterocycles. The molecule has 98 valence electrons. The minimum Gasteiger partial charge on any atom is -0.342 e. The maximum absolute atomic E-state index is 14.0. The predicted octanol–water partition coefficient (Wildman–Crippen LogP) is 3.13. The molecule has 1 unspecified atom stereocenters. The van der Waals surface area contributed by atoms with Crippen molar-refractivity contribution in [3.05, 3.63) is 41.9 Å². The summed E-state index contributed by atoms with van der Waals surface area (Å²) in [5.74, 6) is 0.449. The summed E-state index contributed by atoms with van der Waals surface area (Å²) in [6, 6.07) is 6.35. The zero-order chi connectivity index (χ0) is 13.1. The molecule has 0 aliphatic carbocycles. The molecule has 0 radical (unpaired) electrons. The highest BCUT2D eigenvalue weighted by atomic mass is 19.1. The van der Waals surface area contributed by atoms with Crippen molar-refractivity contribution in [2.75, 3.05) is 13.6 Å². The van der Waals surface area contributed by atoms with Gasteiger partial charge in [-0.2, -0.15) is 0 Å². The molecule has 4 rings (SSSR count). The van der Waals surface area contributed by atoms with Gasteiger partial charge >= 0.3 is 0 Å². The predicted molar refractivity (Wildman–Crippen MR) is 75.5 cm³/mol. The van der Waals surface area contributed by atoms with E-state index >= 15 is 0 Å². The van der Waals surface area contributed by atoms with Crippen molar-refractivity contribution < 1.29 is 4.39 Å². The normalized spacial score (nSPS) is 26.4. The fourth-order valence-electron chi connectivity index (χ4n) is 3.68. The number of fused-ring (bicyclic) bond motifs is 2. The number of hydrogen-bond donors (Lipinski definition) is 0. The van der Waals surface area contributed by atoms with Crippen LogP contribution in [0.5, 0.6) is 0 Å². The lowest BCUT2D eigenvalue weighted by molar-refractivity contribution is 0.234. The second-order valence-corrected chi connectivity index (χ2v) is 5.89. The van der Waals surface area contributed by atoms with Crippen LogP contribution in [0.1, 0.15) is 12.5 Å². The molecular formula is C16H17FN2. The number of hydrogen-bond acceptors (Lipinski definition) is 1. The van der Waals surface area contributed by atoms with Crippen molar-refractivity contribution in [1.82, 2.24) is 9.47 Å². The van der Waals surface area contributed by atoms with Crippen molar-refractivity contribution in [1.29, 1.82) is 0 Å². The van der Waals surface area contributed by atoms with E-state index in [2.05, 4.69) is 35.6 Å². The van der Waals surface area contributed by atoms with Crippen LogP contribution in [0.15, 0.2) is 30.5 Å². The second-order valence-electron chi connectivity index (χ2n) is 5.89. The van der Waals surface area contributed by atoms with Gasteiger partial charge in [0.2, 0.25) is 0 Å². The number of aromatic nitrogens is 1. The minimum absolute atomic E-state index is 0.105. The third kappa shape index (κ3) is 1.45. The van der Waals surface area contributed by atoms with E-state index in [0.29, 0.717) is 12.0 Å². The van der Waals surface area contributed by atoms with Crippen LogP contribution in [0.2, 0.25) is 0 Å². The number of rotatable bonds is 0. The zero-order valence-electron chi connectivity index (χ0n) is 11.2. The molecule has 0 fully saturated rings. The Hall–Kier alpha value is -1.61. The second kappa shape index (κ2) is 3.70. The van der Waals surface area contributed by atoms with Gasteiger partial charge < -0.3 is 4.57 Å². The molecule has 0 spiro atoms. The topological polar surface area (TPSA) is 8.17 Å². The van der Waals surface area contributed by atoms with Gasteiger partial charge in [0.25, 0.3) is 0 Å². The Morgan fingerprint density at radius 3 is 2.95 bits per heavy atom. The molecule has 1 aromatic carbocycles. The van der Waals surface area contributed by atoms with Gasteiger partial charge in [0.15, 0.2) is 0 Å². The van der Waals surface area contributed by atoms with Gasteiger partial charge in [-0.25, -0.2) is 4.39 Å². The Labute approximate surface area is 112 Å². The van der Waals surface area contributed by atoms with Crippen molar-refractivity contribution in [3.63, 3.8) is 0 Å². The summed E-state index contributed by atoms with van der Waals surface area (Å²) in [4.78, 5) is 2.39. The Morgan fingerprint density at radius 2 is 2.11 bits per heavy atom. The Bertz CT molecular complexity index is 698. The maximum atomic E-state index is 14.0. The fourth-order valence-corrected chi connectivity index (χ4v) is 3.68. The van der Waals surface area contributed by atoms with Gasteiger partial charge in [-0.15, -0.1) is 0 Å². The number of para-hydroxylation sites is 1. The smallest absolute Gasteiger partial charge is 0.148 e. The minimum atomic E-state index is -0.105. The van der Waals surface area contributed by atoms with Crippen molar-refractivity contribution >= 4 is 16.5 Å². The molecule has 0 saturated heterocycles. The summed E-state index contributed by atoms with van der Waals surface area (Å²) in [5.41, 5.74) is 3.64. The number of benzene rings is 1. The summed E-state index contributed by atoms with van der Waals surface area (Å²) in [5, 5.41) is 0.748. The van der Waals surface area contributed by atoms with E-state index in [4.69, 9.17) is 0 Å². The number of halogens is 1. The summed E-state index contributed by atoms with van der Waals surface area (Å²) < 4.78 is 16.1. The Balaban J connectivity index is 2.04. The number of nitrogens with zero attached hydrogens (tertiary/aromatic N) is 2. The Morgan fingerprint density at radius 1 is 1.26 bits per heavy atom. The van der Waals surface area contributed by atoms with Crippen molar-refractivity contribution in [2.45, 2.75) is 19.5 Å². The molecule has 2 aromatic rings. The van der Waals surface area contributed by atoms with Crippen molar-refractivity contribution in [2.24, 2.45) is 5.92 Å². The van der Waals surface area contributed by atoms with E-state index in [1.807, 2.05) is 12.1 Å². The zero-order valence-corrected chi connectivity index (χ0v) is 11.2. The van der Waals surface area contributed by atoms with Gasteiger partial charge in [0, 0.05) is 30.2 Å². The third-order valence-electron chi connectivity index (χ3n) is 4.46. The SMILES string of the molecule is C[C@@H]1C=C2c3cccc4c(F)cn(c34)CC2N(C)C1. The highest BCUT2D eigenvalue weighted by Crippen LogP contribution is 2.39. The first kappa shape index (κ1) is 11.2. The van der Waals surface area contributed by atoms with Gasteiger partial charge in [0.1, 0.15) is 5.82 Å². The average molecular weight is 256 g/mol. The average Bonchev–Trinajstić information content (AvgIpc) is 2.70. The first-order chi connectivity index (χ1) is 9.15. The molecular weight excluding hydrogens is 239 g/mol. The van der Waals surface area contributed by atoms with Crippen LogP contribution in [-0.4, -0.2) is 29.1 Å². The molecule has 0 bridgehead atoms. The monoisotopic (exact) mass is 256 g/mol. The van der Waals surface area contributed by atoms with Gasteiger partial charge in [-0.05, 0) is 24.6 Å². The molecule has 2 nitrogen and oxygen atoms in total. The van der Waals surface area contributed by atoms with Crippen LogP contribution < -0.4 is 0 Å². The van der Waals surface area contributed by atoms with Gasteiger partial charge in [-0.1, -0.05) is 25.1 Å². The number of likely N-dealkylation sites (N-methyl/N-ethyl adjacent to an activating group) is 1. The highest BCUT2D eigenvalue weighted by molar-refractivity contribution is 5.95. The lowest BCUT2D eigenvalue weighted by Crippen LogP contribution is -2.43. The molecule has 3 heterocycles. The van der Waals surface area contributed by atoms with Crippen LogP contribution >= 0.6 is 0 Å². The van der Waals surface area contributed by atoms with E-state index in [0.717, 1.165) is 24.0 Å². The molecule has 2 aliphatic rings. The van der Waals surface area contributed by atoms with Crippen LogP contribution in [0, 0.1) is 11.7 Å². The van der Waals surface area contributed by atoms with E-state index in [1.165, 1.54) is 11.1 Å². The van der Waals surface area contributed by atoms with E-state index < -0.39 is 0 Å². The lowest BCUT2D eigenvalue weighted by atomic mass is 9.86.